The Morgan fingerprint density at radius 1 is 1.31 bits per heavy atom. The fraction of sp³-hybridized carbons (Fsp3) is 0.455. The summed E-state index contributed by atoms with van der Waals surface area (Å²) in [6.45, 7) is 3.75. The zero-order valence-corrected chi connectivity index (χ0v) is 10.6. The standard InChI is InChI=1S/C11H14BrF2NO/c1-2-16-5-3-4-15-11-7-9(13)8(12)6-10(11)14/h6-7,15H,2-5H2,1H3. The van der Waals surface area contributed by atoms with Gasteiger partial charge in [-0.1, -0.05) is 0 Å². The van der Waals surface area contributed by atoms with Crippen LogP contribution in [0.4, 0.5) is 14.5 Å². The van der Waals surface area contributed by atoms with E-state index in [2.05, 4.69) is 21.2 Å². The summed E-state index contributed by atoms with van der Waals surface area (Å²) in [6, 6.07) is 2.25. The number of halogens is 3. The van der Waals surface area contributed by atoms with Crippen LogP contribution in [0.2, 0.25) is 0 Å². The zero-order valence-electron chi connectivity index (χ0n) is 9.03. The first-order valence-electron chi connectivity index (χ1n) is 5.11. The molecule has 90 valence electrons. The summed E-state index contributed by atoms with van der Waals surface area (Å²) >= 11 is 2.92. The third kappa shape index (κ3) is 4.06. The molecule has 0 aromatic heterocycles. The molecule has 0 aliphatic rings. The lowest BCUT2D eigenvalue weighted by Crippen LogP contribution is -2.07. The molecule has 0 aliphatic heterocycles. The highest BCUT2D eigenvalue weighted by Gasteiger charge is 2.07. The SMILES string of the molecule is CCOCCCNc1cc(F)c(Br)cc1F. The van der Waals surface area contributed by atoms with Crippen molar-refractivity contribution in [2.75, 3.05) is 25.1 Å². The van der Waals surface area contributed by atoms with Gasteiger partial charge in [-0.3, -0.25) is 0 Å². The van der Waals surface area contributed by atoms with Crippen LogP contribution in [0.15, 0.2) is 16.6 Å². The van der Waals surface area contributed by atoms with E-state index >= 15 is 0 Å². The molecule has 5 heteroatoms. The van der Waals surface area contributed by atoms with E-state index in [9.17, 15) is 8.78 Å². The van der Waals surface area contributed by atoms with Crippen molar-refractivity contribution in [2.45, 2.75) is 13.3 Å². The summed E-state index contributed by atoms with van der Waals surface area (Å²) < 4.78 is 31.7. The predicted molar refractivity (Wildman–Crippen MR) is 63.7 cm³/mol. The highest BCUT2D eigenvalue weighted by Crippen LogP contribution is 2.23. The Morgan fingerprint density at radius 3 is 2.75 bits per heavy atom. The first-order valence-corrected chi connectivity index (χ1v) is 5.90. The van der Waals surface area contributed by atoms with Gasteiger partial charge in [0.15, 0.2) is 0 Å². The Bertz CT molecular complexity index is 347. The van der Waals surface area contributed by atoms with E-state index in [0.29, 0.717) is 19.8 Å². The van der Waals surface area contributed by atoms with Gasteiger partial charge in [0.1, 0.15) is 11.6 Å². The Hall–Kier alpha value is -0.680. The maximum Gasteiger partial charge on any atom is 0.147 e. The van der Waals surface area contributed by atoms with Crippen molar-refractivity contribution < 1.29 is 13.5 Å². The van der Waals surface area contributed by atoms with Gasteiger partial charge in [0.2, 0.25) is 0 Å². The molecule has 1 aromatic rings. The van der Waals surface area contributed by atoms with Crippen LogP contribution in [0.3, 0.4) is 0 Å². The summed E-state index contributed by atoms with van der Waals surface area (Å²) in [7, 11) is 0. The predicted octanol–water partition coefficient (Wildman–Crippen LogP) is 3.57. The molecule has 0 fully saturated rings. The zero-order chi connectivity index (χ0) is 12.0. The lowest BCUT2D eigenvalue weighted by atomic mass is 10.3. The Morgan fingerprint density at radius 2 is 2.06 bits per heavy atom. The molecule has 0 heterocycles. The van der Waals surface area contributed by atoms with E-state index in [1.165, 1.54) is 0 Å². The molecular weight excluding hydrogens is 280 g/mol. The van der Waals surface area contributed by atoms with E-state index in [1.807, 2.05) is 6.92 Å². The maximum absolute atomic E-state index is 13.3. The van der Waals surface area contributed by atoms with Crippen molar-refractivity contribution >= 4 is 21.6 Å². The molecule has 0 amide bonds. The lowest BCUT2D eigenvalue weighted by Gasteiger charge is -2.08. The number of rotatable bonds is 6. The van der Waals surface area contributed by atoms with Crippen molar-refractivity contribution in [3.8, 4) is 0 Å². The van der Waals surface area contributed by atoms with Crippen LogP contribution in [-0.4, -0.2) is 19.8 Å². The minimum atomic E-state index is -0.478. The molecule has 1 rings (SSSR count). The number of hydrogen-bond acceptors (Lipinski definition) is 2. The second-order valence-electron chi connectivity index (χ2n) is 3.22. The van der Waals surface area contributed by atoms with Gasteiger partial charge in [-0.25, -0.2) is 8.78 Å². The molecule has 0 spiro atoms. The van der Waals surface area contributed by atoms with Crippen LogP contribution < -0.4 is 5.32 Å². The second-order valence-corrected chi connectivity index (χ2v) is 4.08. The monoisotopic (exact) mass is 293 g/mol. The minimum Gasteiger partial charge on any atom is -0.383 e. The normalized spacial score (nSPS) is 10.5. The van der Waals surface area contributed by atoms with E-state index in [1.54, 1.807) is 0 Å². The topological polar surface area (TPSA) is 21.3 Å². The van der Waals surface area contributed by atoms with Crippen LogP contribution >= 0.6 is 15.9 Å². The van der Waals surface area contributed by atoms with E-state index < -0.39 is 11.6 Å². The number of ether oxygens (including phenoxy) is 1. The van der Waals surface area contributed by atoms with Crippen molar-refractivity contribution in [3.63, 3.8) is 0 Å². The van der Waals surface area contributed by atoms with Crippen LogP contribution in [0, 0.1) is 11.6 Å². The highest BCUT2D eigenvalue weighted by atomic mass is 79.9. The van der Waals surface area contributed by atoms with Gasteiger partial charge in [0.25, 0.3) is 0 Å². The first-order chi connectivity index (χ1) is 7.65. The summed E-state index contributed by atoms with van der Waals surface area (Å²) in [4.78, 5) is 0. The van der Waals surface area contributed by atoms with Gasteiger partial charge < -0.3 is 10.1 Å². The van der Waals surface area contributed by atoms with E-state index in [-0.39, 0.29) is 10.2 Å². The van der Waals surface area contributed by atoms with Crippen LogP contribution in [0.25, 0.3) is 0 Å². The number of hydrogen-bond donors (Lipinski definition) is 1. The van der Waals surface area contributed by atoms with Crippen molar-refractivity contribution in [1.82, 2.24) is 0 Å². The average Bonchev–Trinajstić information content (AvgIpc) is 2.25. The van der Waals surface area contributed by atoms with Gasteiger partial charge in [0, 0.05) is 25.8 Å². The van der Waals surface area contributed by atoms with Crippen LogP contribution in [0.1, 0.15) is 13.3 Å². The van der Waals surface area contributed by atoms with E-state index in [0.717, 1.165) is 18.6 Å². The van der Waals surface area contributed by atoms with Crippen molar-refractivity contribution in [2.24, 2.45) is 0 Å². The molecule has 0 aliphatic carbocycles. The Balaban J connectivity index is 2.45. The molecule has 1 aromatic carbocycles. The maximum atomic E-state index is 13.3. The number of benzene rings is 1. The molecule has 0 unspecified atom stereocenters. The summed E-state index contributed by atoms with van der Waals surface area (Å²) in [5.74, 6) is -0.946. The van der Waals surface area contributed by atoms with Crippen LogP contribution in [0.5, 0.6) is 0 Å². The molecule has 0 bridgehead atoms. The summed E-state index contributed by atoms with van der Waals surface area (Å²) in [6.07, 6.45) is 0.755. The molecular formula is C11H14BrF2NO. The molecule has 0 atom stereocenters. The third-order valence-corrected chi connectivity index (χ3v) is 2.60. The quantitative estimate of drug-likeness (QED) is 0.640. The average molecular weight is 294 g/mol. The summed E-state index contributed by atoms with van der Waals surface area (Å²) in [5.41, 5.74) is 0.178. The van der Waals surface area contributed by atoms with Gasteiger partial charge >= 0.3 is 0 Å². The summed E-state index contributed by atoms with van der Waals surface area (Å²) in [5, 5.41) is 2.82. The molecule has 0 radical (unpaired) electrons. The third-order valence-electron chi connectivity index (χ3n) is 1.99. The molecule has 16 heavy (non-hydrogen) atoms. The first kappa shape index (κ1) is 13.4. The molecule has 0 saturated heterocycles. The van der Waals surface area contributed by atoms with E-state index in [4.69, 9.17) is 4.74 Å². The minimum absolute atomic E-state index is 0.130. The highest BCUT2D eigenvalue weighted by molar-refractivity contribution is 9.10. The number of anilines is 1. The second kappa shape index (κ2) is 6.81. The fourth-order valence-electron chi connectivity index (χ4n) is 1.20. The van der Waals surface area contributed by atoms with Gasteiger partial charge in [0.05, 0.1) is 10.2 Å². The Kier molecular flexibility index (Phi) is 5.69. The van der Waals surface area contributed by atoms with Gasteiger partial charge in [-0.2, -0.15) is 0 Å². The van der Waals surface area contributed by atoms with Crippen LogP contribution in [-0.2, 0) is 4.74 Å². The molecule has 2 nitrogen and oxygen atoms in total. The fourth-order valence-corrected chi connectivity index (χ4v) is 1.52. The van der Waals surface area contributed by atoms with Crippen molar-refractivity contribution in [3.05, 3.63) is 28.2 Å². The van der Waals surface area contributed by atoms with Crippen molar-refractivity contribution in [1.29, 1.82) is 0 Å². The number of nitrogens with one attached hydrogen (secondary N) is 1. The Labute approximate surface area is 102 Å². The smallest absolute Gasteiger partial charge is 0.147 e. The molecule has 1 N–H and O–H groups in total. The largest absolute Gasteiger partial charge is 0.383 e. The van der Waals surface area contributed by atoms with Gasteiger partial charge in [-0.15, -0.1) is 0 Å². The lowest BCUT2D eigenvalue weighted by molar-refractivity contribution is 0.147. The molecule has 0 saturated carbocycles. The van der Waals surface area contributed by atoms with Gasteiger partial charge in [-0.05, 0) is 35.3 Å².